The third-order valence-corrected chi connectivity index (χ3v) is 4.41. The van der Waals surface area contributed by atoms with Gasteiger partial charge in [0, 0.05) is 6.54 Å². The summed E-state index contributed by atoms with van der Waals surface area (Å²) in [6, 6.07) is 12.8. The fourth-order valence-electron chi connectivity index (χ4n) is 2.85. The molecule has 0 aliphatic heterocycles. The average Bonchev–Trinajstić information content (AvgIpc) is 2.68. The molecule has 0 aliphatic carbocycles. The summed E-state index contributed by atoms with van der Waals surface area (Å²) in [6.07, 6.45) is -0.620. The molecule has 0 saturated carbocycles. The lowest BCUT2D eigenvalue weighted by Gasteiger charge is -2.23. The van der Waals surface area contributed by atoms with Gasteiger partial charge in [0.05, 0.1) is 19.1 Å². The minimum atomic E-state index is -0.709. The zero-order valence-electron chi connectivity index (χ0n) is 18.0. The van der Waals surface area contributed by atoms with Gasteiger partial charge in [0.15, 0.2) is 0 Å². The first kappa shape index (κ1) is 23.2. The van der Waals surface area contributed by atoms with Crippen LogP contribution in [0.4, 0.5) is 9.18 Å². The highest BCUT2D eigenvalue weighted by Gasteiger charge is 2.25. The van der Waals surface area contributed by atoms with Crippen molar-refractivity contribution >= 4 is 12.0 Å². The lowest BCUT2D eigenvalue weighted by atomic mass is 9.97. The Balaban J connectivity index is 2.12. The Bertz CT molecular complexity index is 845. The Morgan fingerprint density at radius 1 is 1.00 bits per heavy atom. The van der Waals surface area contributed by atoms with Crippen LogP contribution in [0.5, 0.6) is 5.75 Å². The first-order valence-electron chi connectivity index (χ1n) is 9.75. The van der Waals surface area contributed by atoms with Crippen LogP contribution in [0.15, 0.2) is 48.5 Å². The van der Waals surface area contributed by atoms with E-state index in [1.54, 1.807) is 27.9 Å². The number of alkyl carbamates (subject to hydrolysis) is 1. The molecule has 0 aromatic heterocycles. The van der Waals surface area contributed by atoms with E-state index in [-0.39, 0.29) is 18.5 Å². The van der Waals surface area contributed by atoms with Crippen LogP contribution >= 0.6 is 0 Å². The maximum absolute atomic E-state index is 13.3. The molecule has 0 aliphatic rings. The van der Waals surface area contributed by atoms with Crippen molar-refractivity contribution in [3.63, 3.8) is 0 Å². The molecular formula is C23H29FN2O4. The zero-order chi connectivity index (χ0) is 22.3. The Hall–Kier alpha value is -3.09. The number of rotatable bonds is 7. The maximum atomic E-state index is 13.3. The summed E-state index contributed by atoms with van der Waals surface area (Å²) in [7, 11) is 1.59. The van der Waals surface area contributed by atoms with Crippen molar-refractivity contribution in [3.05, 3.63) is 65.5 Å². The Morgan fingerprint density at radius 2 is 1.57 bits per heavy atom. The fraction of sp³-hybridized carbons (Fsp3) is 0.391. The van der Waals surface area contributed by atoms with Gasteiger partial charge in [-0.15, -0.1) is 0 Å². The second-order valence-corrected chi connectivity index (χ2v) is 7.99. The third kappa shape index (κ3) is 7.06. The molecular weight excluding hydrogens is 387 g/mol. The van der Waals surface area contributed by atoms with Gasteiger partial charge in [-0.1, -0.05) is 24.3 Å². The van der Waals surface area contributed by atoms with Crippen molar-refractivity contribution in [2.75, 3.05) is 13.7 Å². The minimum Gasteiger partial charge on any atom is -0.497 e. The van der Waals surface area contributed by atoms with Crippen molar-refractivity contribution in [1.82, 2.24) is 10.6 Å². The molecule has 6 nitrogen and oxygen atoms in total. The maximum Gasteiger partial charge on any atom is 0.407 e. The highest BCUT2D eigenvalue weighted by Crippen LogP contribution is 2.21. The summed E-state index contributed by atoms with van der Waals surface area (Å²) in [5, 5.41) is 5.58. The van der Waals surface area contributed by atoms with Crippen molar-refractivity contribution in [2.45, 2.75) is 45.3 Å². The number of hydrogen-bond donors (Lipinski definition) is 2. The topological polar surface area (TPSA) is 76.7 Å². The molecule has 0 spiro atoms. The van der Waals surface area contributed by atoms with Crippen LogP contribution in [0.3, 0.4) is 0 Å². The summed E-state index contributed by atoms with van der Waals surface area (Å²) in [4.78, 5) is 25.0. The molecule has 2 rings (SSSR count). The molecule has 0 saturated heterocycles. The van der Waals surface area contributed by atoms with Gasteiger partial charge in [0.25, 0.3) is 0 Å². The number of nitrogens with one attached hydrogen (secondary N) is 2. The van der Waals surface area contributed by atoms with E-state index in [9.17, 15) is 14.0 Å². The summed E-state index contributed by atoms with van der Waals surface area (Å²) in [5.41, 5.74) is 0.842. The Morgan fingerprint density at radius 3 is 2.10 bits per heavy atom. The normalized spacial score (nSPS) is 13.1. The number of halogens is 1. The number of carbonyl (C=O) groups is 2. The first-order valence-corrected chi connectivity index (χ1v) is 9.75. The second-order valence-electron chi connectivity index (χ2n) is 7.99. The monoisotopic (exact) mass is 416 g/mol. The molecule has 2 aromatic carbocycles. The van der Waals surface area contributed by atoms with Crippen molar-refractivity contribution in [2.24, 2.45) is 0 Å². The molecule has 2 N–H and O–H groups in total. The number of carbonyl (C=O) groups excluding carboxylic acids is 2. The highest BCUT2D eigenvalue weighted by molar-refractivity contribution is 5.85. The predicted molar refractivity (Wildman–Crippen MR) is 113 cm³/mol. The van der Waals surface area contributed by atoms with Crippen LogP contribution in [-0.4, -0.2) is 31.3 Å². The van der Waals surface area contributed by atoms with Gasteiger partial charge in [-0.05, 0) is 63.1 Å². The van der Waals surface area contributed by atoms with Gasteiger partial charge in [0.1, 0.15) is 17.2 Å². The van der Waals surface area contributed by atoms with E-state index in [0.29, 0.717) is 5.56 Å². The van der Waals surface area contributed by atoms with Crippen molar-refractivity contribution in [1.29, 1.82) is 0 Å². The van der Waals surface area contributed by atoms with E-state index in [2.05, 4.69) is 10.6 Å². The van der Waals surface area contributed by atoms with Crippen molar-refractivity contribution in [3.8, 4) is 5.75 Å². The summed E-state index contributed by atoms with van der Waals surface area (Å²) >= 11 is 0. The van der Waals surface area contributed by atoms with Gasteiger partial charge < -0.3 is 20.1 Å². The van der Waals surface area contributed by atoms with Gasteiger partial charge in [0.2, 0.25) is 5.91 Å². The standard InChI is InChI=1S/C23H29FN2O4/c1-15(16-8-12-19(29-5)13-9-16)26-21(27)20(17-6-10-18(24)11-7-17)14-25-22(28)30-23(2,3)4/h6-13,15,20H,14H2,1-5H3,(H,25,28)(H,26,27). The second kappa shape index (κ2) is 10.1. The Labute approximate surface area is 176 Å². The van der Waals surface area contributed by atoms with Crippen LogP contribution in [0, 0.1) is 5.82 Å². The lowest BCUT2D eigenvalue weighted by Crippen LogP contribution is -2.40. The van der Waals surface area contributed by atoms with Gasteiger partial charge in [-0.2, -0.15) is 0 Å². The molecule has 2 amide bonds. The molecule has 0 fully saturated rings. The average molecular weight is 416 g/mol. The van der Waals surface area contributed by atoms with Crippen LogP contribution in [-0.2, 0) is 9.53 Å². The minimum absolute atomic E-state index is 0.0156. The molecule has 0 radical (unpaired) electrons. The van der Waals surface area contributed by atoms with Gasteiger partial charge in [-0.3, -0.25) is 4.79 Å². The molecule has 162 valence electrons. The Kier molecular flexibility index (Phi) is 7.80. The number of benzene rings is 2. The summed E-state index contributed by atoms with van der Waals surface area (Å²) in [5.74, 6) is -0.674. The SMILES string of the molecule is COc1ccc(C(C)NC(=O)C(CNC(=O)OC(C)(C)C)c2ccc(F)cc2)cc1. The van der Waals surface area contributed by atoms with E-state index in [1.165, 1.54) is 24.3 Å². The van der Waals surface area contributed by atoms with Crippen LogP contribution in [0.25, 0.3) is 0 Å². The first-order chi connectivity index (χ1) is 14.1. The smallest absolute Gasteiger partial charge is 0.407 e. The van der Waals surface area contributed by atoms with Crippen LogP contribution in [0.2, 0.25) is 0 Å². The van der Waals surface area contributed by atoms with Crippen LogP contribution < -0.4 is 15.4 Å². The highest BCUT2D eigenvalue weighted by atomic mass is 19.1. The van der Waals surface area contributed by atoms with Crippen molar-refractivity contribution < 1.29 is 23.5 Å². The van der Waals surface area contributed by atoms with E-state index in [0.717, 1.165) is 11.3 Å². The van der Waals surface area contributed by atoms with E-state index in [4.69, 9.17) is 9.47 Å². The van der Waals surface area contributed by atoms with Crippen LogP contribution in [0.1, 0.15) is 50.8 Å². The lowest BCUT2D eigenvalue weighted by molar-refractivity contribution is -0.123. The van der Waals surface area contributed by atoms with Gasteiger partial charge >= 0.3 is 6.09 Å². The number of methoxy groups -OCH3 is 1. The molecule has 2 unspecified atom stereocenters. The molecule has 2 atom stereocenters. The summed E-state index contributed by atoms with van der Waals surface area (Å²) in [6.45, 7) is 7.15. The quantitative estimate of drug-likeness (QED) is 0.705. The fourth-order valence-corrected chi connectivity index (χ4v) is 2.85. The number of hydrogen-bond acceptors (Lipinski definition) is 4. The molecule has 0 heterocycles. The number of amides is 2. The predicted octanol–water partition coefficient (Wildman–Crippen LogP) is 4.32. The largest absolute Gasteiger partial charge is 0.497 e. The van der Waals surface area contributed by atoms with E-state index in [1.807, 2.05) is 31.2 Å². The molecule has 7 heteroatoms. The van der Waals surface area contributed by atoms with Gasteiger partial charge in [-0.25, -0.2) is 9.18 Å². The third-order valence-electron chi connectivity index (χ3n) is 4.41. The molecule has 2 aromatic rings. The zero-order valence-corrected chi connectivity index (χ0v) is 18.0. The molecule has 30 heavy (non-hydrogen) atoms. The van der Waals surface area contributed by atoms with E-state index >= 15 is 0 Å². The molecule has 0 bridgehead atoms. The van der Waals surface area contributed by atoms with E-state index < -0.39 is 23.4 Å². The summed E-state index contributed by atoms with van der Waals surface area (Å²) < 4.78 is 23.7. The number of ether oxygens (including phenoxy) is 2.